The Morgan fingerprint density at radius 1 is 1.09 bits per heavy atom. The second-order valence-electron chi connectivity index (χ2n) is 7.30. The van der Waals surface area contributed by atoms with Gasteiger partial charge >= 0.3 is 0 Å². The number of nitrogens with one attached hydrogen (secondary N) is 1. The van der Waals surface area contributed by atoms with E-state index in [4.69, 9.17) is 10.5 Å². The van der Waals surface area contributed by atoms with Crippen LogP contribution in [0.15, 0.2) is 48.5 Å². The van der Waals surface area contributed by atoms with Crippen LogP contribution in [0.4, 0.5) is 29.0 Å². The molecule has 3 N–H and O–H groups in total. The SMILES string of the molecule is COc1ccccc1Nc1nc(N)nc(CN2CCN(c3cccc([N+](=O)[O-])c3)CC2)n1. The molecule has 0 atom stereocenters. The largest absolute Gasteiger partial charge is 0.495 e. The van der Waals surface area contributed by atoms with E-state index in [0.29, 0.717) is 24.1 Å². The monoisotopic (exact) mass is 436 g/mol. The predicted octanol–water partition coefficient (Wildman–Crippen LogP) is 2.44. The lowest BCUT2D eigenvalue weighted by atomic mass is 10.2. The third-order valence-electron chi connectivity index (χ3n) is 5.20. The number of nitro benzene ring substituents is 1. The number of hydrogen-bond donors (Lipinski definition) is 2. The van der Waals surface area contributed by atoms with Gasteiger partial charge in [-0.3, -0.25) is 15.0 Å². The molecule has 1 saturated heterocycles. The molecule has 3 aromatic rings. The fraction of sp³-hybridized carbons (Fsp3) is 0.286. The molecule has 11 nitrogen and oxygen atoms in total. The van der Waals surface area contributed by atoms with E-state index in [0.717, 1.165) is 37.6 Å². The number of nitro groups is 1. The molecule has 11 heteroatoms. The molecule has 0 saturated carbocycles. The first-order valence-corrected chi connectivity index (χ1v) is 10.1. The van der Waals surface area contributed by atoms with E-state index >= 15 is 0 Å². The maximum absolute atomic E-state index is 11.0. The second-order valence-corrected chi connectivity index (χ2v) is 7.30. The van der Waals surface area contributed by atoms with Gasteiger partial charge in [0.25, 0.3) is 5.69 Å². The van der Waals surface area contributed by atoms with Crippen molar-refractivity contribution in [3.05, 3.63) is 64.5 Å². The van der Waals surface area contributed by atoms with Crippen molar-refractivity contribution in [2.45, 2.75) is 6.54 Å². The van der Waals surface area contributed by atoms with Gasteiger partial charge in [-0.25, -0.2) is 0 Å². The Balaban J connectivity index is 1.40. The molecule has 0 spiro atoms. The van der Waals surface area contributed by atoms with E-state index in [-0.39, 0.29) is 16.6 Å². The lowest BCUT2D eigenvalue weighted by Crippen LogP contribution is -2.46. The van der Waals surface area contributed by atoms with E-state index in [1.165, 1.54) is 6.07 Å². The number of para-hydroxylation sites is 2. The van der Waals surface area contributed by atoms with Gasteiger partial charge in [-0.2, -0.15) is 15.0 Å². The molecule has 0 amide bonds. The predicted molar refractivity (Wildman–Crippen MR) is 121 cm³/mol. The molecule has 4 rings (SSSR count). The van der Waals surface area contributed by atoms with Crippen LogP contribution in [0.1, 0.15) is 5.82 Å². The highest BCUT2D eigenvalue weighted by Gasteiger charge is 2.20. The highest BCUT2D eigenvalue weighted by Crippen LogP contribution is 2.26. The van der Waals surface area contributed by atoms with Crippen LogP contribution in [0, 0.1) is 10.1 Å². The van der Waals surface area contributed by atoms with E-state index < -0.39 is 0 Å². The number of nitrogens with zero attached hydrogens (tertiary/aromatic N) is 6. The summed E-state index contributed by atoms with van der Waals surface area (Å²) in [5, 5.41) is 14.2. The van der Waals surface area contributed by atoms with Crippen molar-refractivity contribution in [1.29, 1.82) is 0 Å². The van der Waals surface area contributed by atoms with Gasteiger partial charge < -0.3 is 20.7 Å². The Hall–Kier alpha value is -3.99. The van der Waals surface area contributed by atoms with E-state index in [2.05, 4.69) is 30.1 Å². The van der Waals surface area contributed by atoms with E-state index in [9.17, 15) is 10.1 Å². The van der Waals surface area contributed by atoms with Gasteiger partial charge in [0.15, 0.2) is 0 Å². The van der Waals surface area contributed by atoms with Crippen LogP contribution in [0.2, 0.25) is 0 Å². The maximum Gasteiger partial charge on any atom is 0.271 e. The fourth-order valence-electron chi connectivity index (χ4n) is 3.60. The van der Waals surface area contributed by atoms with Gasteiger partial charge in [0, 0.05) is 44.0 Å². The normalized spacial score (nSPS) is 14.2. The third-order valence-corrected chi connectivity index (χ3v) is 5.20. The van der Waals surface area contributed by atoms with Crippen molar-refractivity contribution in [1.82, 2.24) is 19.9 Å². The number of nitrogens with two attached hydrogens (primary N) is 1. The number of hydrogen-bond acceptors (Lipinski definition) is 10. The minimum absolute atomic E-state index is 0.0978. The molecule has 0 unspecified atom stereocenters. The zero-order valence-electron chi connectivity index (χ0n) is 17.6. The number of rotatable bonds is 7. The van der Waals surface area contributed by atoms with Crippen molar-refractivity contribution in [2.75, 3.05) is 49.2 Å². The molecule has 1 aliphatic rings. The van der Waals surface area contributed by atoms with Crippen molar-refractivity contribution in [2.24, 2.45) is 0 Å². The zero-order chi connectivity index (χ0) is 22.5. The summed E-state index contributed by atoms with van der Waals surface area (Å²) in [7, 11) is 1.60. The van der Waals surface area contributed by atoms with Gasteiger partial charge in [-0.1, -0.05) is 18.2 Å². The van der Waals surface area contributed by atoms with Gasteiger partial charge in [-0.05, 0) is 18.2 Å². The van der Waals surface area contributed by atoms with Gasteiger partial charge in [0.2, 0.25) is 11.9 Å². The summed E-state index contributed by atoms with van der Waals surface area (Å²) in [6, 6.07) is 14.2. The maximum atomic E-state index is 11.0. The summed E-state index contributed by atoms with van der Waals surface area (Å²) in [5.74, 6) is 1.74. The van der Waals surface area contributed by atoms with Crippen molar-refractivity contribution >= 4 is 29.0 Å². The van der Waals surface area contributed by atoms with Crippen molar-refractivity contribution in [3.8, 4) is 5.75 Å². The quantitative estimate of drug-likeness (QED) is 0.420. The Labute approximate surface area is 185 Å². The number of nitrogen functional groups attached to an aromatic ring is 1. The van der Waals surface area contributed by atoms with Gasteiger partial charge in [0.1, 0.15) is 11.6 Å². The number of benzene rings is 2. The summed E-state index contributed by atoms with van der Waals surface area (Å²) in [4.78, 5) is 28.0. The average Bonchev–Trinajstić information content (AvgIpc) is 2.79. The third kappa shape index (κ3) is 5.01. The molecule has 2 heterocycles. The van der Waals surface area contributed by atoms with Crippen LogP contribution < -0.4 is 20.7 Å². The van der Waals surface area contributed by atoms with Crippen LogP contribution in [0.5, 0.6) is 5.75 Å². The number of aromatic nitrogens is 3. The second kappa shape index (κ2) is 9.43. The van der Waals surface area contributed by atoms with Crippen molar-refractivity contribution < 1.29 is 9.66 Å². The summed E-state index contributed by atoms with van der Waals surface area (Å²) >= 11 is 0. The first-order valence-electron chi connectivity index (χ1n) is 10.1. The molecule has 2 aromatic carbocycles. The Kier molecular flexibility index (Phi) is 6.26. The molecule has 0 aliphatic carbocycles. The summed E-state index contributed by atoms with van der Waals surface area (Å²) < 4.78 is 5.35. The van der Waals surface area contributed by atoms with Crippen LogP contribution in [0.25, 0.3) is 0 Å². The molecule has 0 radical (unpaired) electrons. The van der Waals surface area contributed by atoms with Crippen LogP contribution >= 0.6 is 0 Å². The highest BCUT2D eigenvalue weighted by atomic mass is 16.6. The Morgan fingerprint density at radius 3 is 2.62 bits per heavy atom. The molecule has 166 valence electrons. The molecule has 1 aromatic heterocycles. The summed E-state index contributed by atoms with van der Waals surface area (Å²) in [6.07, 6.45) is 0. The highest BCUT2D eigenvalue weighted by molar-refractivity contribution is 5.62. The molecular formula is C21H24N8O3. The minimum Gasteiger partial charge on any atom is -0.495 e. The Morgan fingerprint density at radius 2 is 1.88 bits per heavy atom. The zero-order valence-corrected chi connectivity index (χ0v) is 17.6. The van der Waals surface area contributed by atoms with Crippen LogP contribution in [-0.4, -0.2) is 58.1 Å². The number of piperazine rings is 1. The Bertz CT molecular complexity index is 1100. The molecule has 32 heavy (non-hydrogen) atoms. The van der Waals surface area contributed by atoms with Crippen molar-refractivity contribution in [3.63, 3.8) is 0 Å². The smallest absolute Gasteiger partial charge is 0.271 e. The summed E-state index contributed by atoms with van der Waals surface area (Å²) in [5.41, 5.74) is 7.59. The van der Waals surface area contributed by atoms with E-state index in [1.807, 2.05) is 30.3 Å². The minimum atomic E-state index is -0.373. The molecule has 1 fully saturated rings. The van der Waals surface area contributed by atoms with Crippen LogP contribution in [0.3, 0.4) is 0 Å². The van der Waals surface area contributed by atoms with Crippen LogP contribution in [-0.2, 0) is 6.54 Å². The molecular weight excluding hydrogens is 412 g/mol. The number of ether oxygens (including phenoxy) is 1. The first kappa shape index (κ1) is 21.2. The van der Waals surface area contributed by atoms with E-state index in [1.54, 1.807) is 19.2 Å². The summed E-state index contributed by atoms with van der Waals surface area (Å²) in [6.45, 7) is 3.55. The van der Waals surface area contributed by atoms with Gasteiger partial charge in [-0.15, -0.1) is 0 Å². The topological polar surface area (TPSA) is 136 Å². The fourth-order valence-corrected chi connectivity index (χ4v) is 3.60. The standard InChI is InChI=1S/C21H24N8O3/c1-32-18-8-3-2-7-17(18)23-21-25-19(24-20(22)26-21)14-27-9-11-28(12-10-27)15-5-4-6-16(13-15)29(30)31/h2-8,13H,9-12,14H2,1H3,(H3,22,23,24,25,26). The lowest BCUT2D eigenvalue weighted by molar-refractivity contribution is -0.384. The lowest BCUT2D eigenvalue weighted by Gasteiger charge is -2.35. The number of methoxy groups -OCH3 is 1. The molecule has 0 bridgehead atoms. The molecule has 1 aliphatic heterocycles. The first-order chi connectivity index (χ1) is 15.5. The van der Waals surface area contributed by atoms with Gasteiger partial charge in [0.05, 0.1) is 24.3 Å². The number of anilines is 4. The number of non-ortho nitro benzene ring substituents is 1. The average molecular weight is 436 g/mol.